The van der Waals surface area contributed by atoms with Crippen molar-refractivity contribution >= 4 is 16.0 Å². The van der Waals surface area contributed by atoms with E-state index in [1.54, 1.807) is 6.20 Å². The van der Waals surface area contributed by atoms with Crippen molar-refractivity contribution in [2.24, 2.45) is 5.73 Å². The Morgan fingerprint density at radius 2 is 2.00 bits per heavy atom. The Hall–Kier alpha value is -1.22. The van der Waals surface area contributed by atoms with Crippen LogP contribution in [0.2, 0.25) is 0 Å². The van der Waals surface area contributed by atoms with Gasteiger partial charge in [-0.15, -0.1) is 0 Å². The summed E-state index contributed by atoms with van der Waals surface area (Å²) in [6.07, 6.45) is 2.55. The zero-order valence-electron chi connectivity index (χ0n) is 12.3. The Balaban J connectivity index is 1.93. The minimum Gasteiger partial charge on any atom is -0.354 e. The average Bonchev–Trinajstić information content (AvgIpc) is 2.53. The molecule has 1 saturated heterocycles. The SMILES string of the molecule is CCCNS(=O)(=O)N1CCN(c2ccc(CN)cn2)CC1. The number of hydrogen-bond donors (Lipinski definition) is 2. The van der Waals surface area contributed by atoms with Crippen molar-refractivity contribution < 1.29 is 8.42 Å². The summed E-state index contributed by atoms with van der Waals surface area (Å²) in [6.45, 7) is 5.12. The molecule has 0 radical (unpaired) electrons. The molecule has 7 nitrogen and oxygen atoms in total. The molecule has 0 bridgehead atoms. The summed E-state index contributed by atoms with van der Waals surface area (Å²) >= 11 is 0. The third-order valence-corrected chi connectivity index (χ3v) is 5.10. The lowest BCUT2D eigenvalue weighted by molar-refractivity contribution is 0.377. The van der Waals surface area contributed by atoms with Crippen molar-refractivity contribution in [3.8, 4) is 0 Å². The first-order valence-corrected chi connectivity index (χ1v) is 8.65. The van der Waals surface area contributed by atoms with E-state index in [0.717, 1.165) is 17.8 Å². The number of rotatable bonds is 6. The van der Waals surface area contributed by atoms with Gasteiger partial charge in [0.05, 0.1) is 0 Å². The molecule has 1 aromatic heterocycles. The van der Waals surface area contributed by atoms with Gasteiger partial charge in [0, 0.05) is 45.5 Å². The maximum absolute atomic E-state index is 12.0. The second-order valence-electron chi connectivity index (χ2n) is 5.01. The van der Waals surface area contributed by atoms with Gasteiger partial charge in [-0.25, -0.2) is 9.71 Å². The molecule has 0 aliphatic carbocycles. The van der Waals surface area contributed by atoms with Gasteiger partial charge < -0.3 is 10.6 Å². The molecule has 0 saturated carbocycles. The van der Waals surface area contributed by atoms with Crippen LogP contribution in [0, 0.1) is 0 Å². The predicted octanol–water partition coefficient (Wildman–Crippen LogP) is -0.0933. The molecule has 1 aliphatic rings. The first-order chi connectivity index (χ1) is 10.1. The van der Waals surface area contributed by atoms with Crippen LogP contribution in [-0.4, -0.2) is 50.4 Å². The van der Waals surface area contributed by atoms with Crippen LogP contribution in [0.15, 0.2) is 18.3 Å². The second-order valence-corrected chi connectivity index (χ2v) is 6.77. The number of pyridine rings is 1. The van der Waals surface area contributed by atoms with Gasteiger partial charge >= 0.3 is 0 Å². The third kappa shape index (κ3) is 4.13. The van der Waals surface area contributed by atoms with Gasteiger partial charge in [0.15, 0.2) is 0 Å². The Bertz CT molecular complexity index is 538. The summed E-state index contributed by atoms with van der Waals surface area (Å²) in [5, 5.41) is 0. The van der Waals surface area contributed by atoms with E-state index in [9.17, 15) is 8.42 Å². The smallest absolute Gasteiger partial charge is 0.279 e. The topological polar surface area (TPSA) is 91.6 Å². The van der Waals surface area contributed by atoms with E-state index >= 15 is 0 Å². The largest absolute Gasteiger partial charge is 0.354 e. The summed E-state index contributed by atoms with van der Waals surface area (Å²) in [5.41, 5.74) is 6.54. The van der Waals surface area contributed by atoms with Crippen LogP contribution < -0.4 is 15.4 Å². The zero-order valence-corrected chi connectivity index (χ0v) is 13.1. The fraction of sp³-hybridized carbons (Fsp3) is 0.615. The number of nitrogens with two attached hydrogens (primary N) is 1. The maximum atomic E-state index is 12.0. The van der Waals surface area contributed by atoms with Gasteiger partial charge in [-0.1, -0.05) is 13.0 Å². The number of piperazine rings is 1. The van der Waals surface area contributed by atoms with Crippen LogP contribution in [0.25, 0.3) is 0 Å². The summed E-state index contributed by atoms with van der Waals surface area (Å²) in [4.78, 5) is 6.46. The molecule has 1 aliphatic heterocycles. The molecule has 3 N–H and O–H groups in total. The van der Waals surface area contributed by atoms with E-state index in [2.05, 4.69) is 14.6 Å². The van der Waals surface area contributed by atoms with E-state index in [4.69, 9.17) is 5.73 Å². The number of nitrogens with zero attached hydrogens (tertiary/aromatic N) is 3. The van der Waals surface area contributed by atoms with Crippen LogP contribution in [-0.2, 0) is 16.8 Å². The van der Waals surface area contributed by atoms with Gasteiger partial charge in [-0.2, -0.15) is 12.7 Å². The van der Waals surface area contributed by atoms with Crippen LogP contribution in [0.5, 0.6) is 0 Å². The molecule has 118 valence electrons. The highest BCUT2D eigenvalue weighted by atomic mass is 32.2. The third-order valence-electron chi connectivity index (χ3n) is 3.48. The highest BCUT2D eigenvalue weighted by molar-refractivity contribution is 7.87. The quantitative estimate of drug-likeness (QED) is 0.765. The summed E-state index contributed by atoms with van der Waals surface area (Å²) < 4.78 is 28.2. The normalized spacial score (nSPS) is 17.1. The molecule has 1 fully saturated rings. The van der Waals surface area contributed by atoms with Crippen molar-refractivity contribution in [1.29, 1.82) is 0 Å². The summed E-state index contributed by atoms with van der Waals surface area (Å²) in [6, 6.07) is 3.88. The van der Waals surface area contributed by atoms with Gasteiger partial charge in [0.1, 0.15) is 5.82 Å². The van der Waals surface area contributed by atoms with Crippen molar-refractivity contribution in [3.05, 3.63) is 23.9 Å². The lowest BCUT2D eigenvalue weighted by atomic mass is 10.2. The van der Waals surface area contributed by atoms with Crippen molar-refractivity contribution in [2.75, 3.05) is 37.6 Å². The van der Waals surface area contributed by atoms with E-state index in [-0.39, 0.29) is 0 Å². The molecular formula is C13H23N5O2S. The van der Waals surface area contributed by atoms with Crippen LogP contribution in [0.1, 0.15) is 18.9 Å². The van der Waals surface area contributed by atoms with Crippen molar-refractivity contribution in [3.63, 3.8) is 0 Å². The van der Waals surface area contributed by atoms with Crippen molar-refractivity contribution in [2.45, 2.75) is 19.9 Å². The lowest BCUT2D eigenvalue weighted by Gasteiger charge is -2.34. The highest BCUT2D eigenvalue weighted by Crippen LogP contribution is 2.15. The molecule has 21 heavy (non-hydrogen) atoms. The fourth-order valence-electron chi connectivity index (χ4n) is 2.20. The standard InChI is InChI=1S/C13H23N5O2S/c1-2-5-16-21(19,20)18-8-6-17(7-9-18)13-4-3-12(10-14)11-15-13/h3-4,11,16H,2,5-10,14H2,1H3. The van der Waals surface area contributed by atoms with E-state index in [0.29, 0.717) is 39.3 Å². The molecule has 0 aromatic carbocycles. The highest BCUT2D eigenvalue weighted by Gasteiger charge is 2.26. The minimum absolute atomic E-state index is 0.472. The fourth-order valence-corrected chi connectivity index (χ4v) is 3.49. The molecule has 0 atom stereocenters. The summed E-state index contributed by atoms with van der Waals surface area (Å²) in [7, 11) is -3.34. The average molecular weight is 313 g/mol. The molecule has 0 amide bonds. The number of nitrogens with one attached hydrogen (secondary N) is 1. The van der Waals surface area contributed by atoms with E-state index in [1.165, 1.54) is 4.31 Å². The first-order valence-electron chi connectivity index (χ1n) is 7.21. The van der Waals surface area contributed by atoms with E-state index < -0.39 is 10.2 Å². The monoisotopic (exact) mass is 313 g/mol. The van der Waals surface area contributed by atoms with E-state index in [1.807, 2.05) is 19.1 Å². The van der Waals surface area contributed by atoms with Crippen LogP contribution in [0.4, 0.5) is 5.82 Å². The Kier molecular flexibility index (Phi) is 5.51. The van der Waals surface area contributed by atoms with Crippen LogP contribution in [0.3, 0.4) is 0 Å². The van der Waals surface area contributed by atoms with Gasteiger partial charge in [-0.05, 0) is 18.1 Å². The van der Waals surface area contributed by atoms with Crippen LogP contribution >= 0.6 is 0 Å². The minimum atomic E-state index is -3.34. The molecule has 2 heterocycles. The molecule has 8 heteroatoms. The summed E-state index contributed by atoms with van der Waals surface area (Å²) in [5.74, 6) is 0.866. The molecule has 0 unspecified atom stereocenters. The molecule has 0 spiro atoms. The van der Waals surface area contributed by atoms with Gasteiger partial charge in [0.2, 0.25) is 0 Å². The Labute approximate surface area is 126 Å². The Morgan fingerprint density at radius 3 is 2.52 bits per heavy atom. The predicted molar refractivity (Wildman–Crippen MR) is 83.1 cm³/mol. The second kappa shape index (κ2) is 7.17. The zero-order chi connectivity index (χ0) is 15.3. The number of aromatic nitrogens is 1. The lowest BCUT2D eigenvalue weighted by Crippen LogP contribution is -2.52. The maximum Gasteiger partial charge on any atom is 0.279 e. The molecule has 1 aromatic rings. The first kappa shape index (κ1) is 16.2. The van der Waals surface area contributed by atoms with Gasteiger partial charge in [0.25, 0.3) is 10.2 Å². The van der Waals surface area contributed by atoms with Gasteiger partial charge in [-0.3, -0.25) is 0 Å². The van der Waals surface area contributed by atoms with Crippen molar-refractivity contribution in [1.82, 2.24) is 14.0 Å². The molecule has 2 rings (SSSR count). The number of hydrogen-bond acceptors (Lipinski definition) is 5. The number of anilines is 1. The molecular weight excluding hydrogens is 290 g/mol. The Morgan fingerprint density at radius 1 is 1.29 bits per heavy atom.